The molecule has 7 heteroatoms. The van der Waals surface area contributed by atoms with E-state index in [1.807, 2.05) is 31.2 Å². The molecule has 1 aliphatic heterocycles. The van der Waals surface area contributed by atoms with Crippen LogP contribution in [0.2, 0.25) is 0 Å². The van der Waals surface area contributed by atoms with Gasteiger partial charge in [-0.1, -0.05) is 19.1 Å². The molecule has 1 heterocycles. The van der Waals surface area contributed by atoms with Crippen LogP contribution < -0.4 is 15.4 Å². The van der Waals surface area contributed by atoms with Gasteiger partial charge in [-0.2, -0.15) is 0 Å². The minimum absolute atomic E-state index is 0. The first-order valence-electron chi connectivity index (χ1n) is 7.11. The number of hydrogen-bond acceptors (Lipinski definition) is 3. The van der Waals surface area contributed by atoms with Gasteiger partial charge in [0.05, 0.1) is 19.2 Å². The number of ether oxygens (including phenoxy) is 1. The predicted octanol–water partition coefficient (Wildman–Crippen LogP) is 2.51. The molecule has 4 nitrogen and oxygen atoms in total. The Labute approximate surface area is 135 Å². The largest absolute Gasteiger partial charge is 0.494 e. The summed E-state index contributed by atoms with van der Waals surface area (Å²) in [6, 6.07) is 6.55. The van der Waals surface area contributed by atoms with Crippen molar-refractivity contribution < 1.29 is 18.3 Å². The Morgan fingerprint density at radius 2 is 2.09 bits per heavy atom. The van der Waals surface area contributed by atoms with Gasteiger partial charge < -0.3 is 10.1 Å². The van der Waals surface area contributed by atoms with E-state index in [1.54, 1.807) is 0 Å². The van der Waals surface area contributed by atoms with Crippen molar-refractivity contribution in [3.63, 3.8) is 0 Å². The van der Waals surface area contributed by atoms with Gasteiger partial charge in [0.2, 0.25) is 5.91 Å². The van der Waals surface area contributed by atoms with Crippen LogP contribution in [0.4, 0.5) is 8.78 Å². The number of carbonyl (C=O) groups is 1. The fourth-order valence-corrected chi connectivity index (χ4v) is 2.14. The van der Waals surface area contributed by atoms with Crippen LogP contribution in [0.5, 0.6) is 5.75 Å². The third kappa shape index (κ3) is 5.42. The van der Waals surface area contributed by atoms with Crippen LogP contribution in [0.25, 0.3) is 0 Å². The van der Waals surface area contributed by atoms with E-state index in [4.69, 9.17) is 4.74 Å². The predicted molar refractivity (Wildman–Crippen MR) is 82.7 cm³/mol. The summed E-state index contributed by atoms with van der Waals surface area (Å²) in [5.41, 5.74) is 0.900. The second-order valence-corrected chi connectivity index (χ2v) is 5.20. The van der Waals surface area contributed by atoms with E-state index < -0.39 is 30.8 Å². The quantitative estimate of drug-likeness (QED) is 0.840. The summed E-state index contributed by atoms with van der Waals surface area (Å²) in [5, 5.41) is 5.20. The second-order valence-electron chi connectivity index (χ2n) is 5.20. The standard InChI is InChI=1S/C15H20F2N2O2.ClH/c1-2-7-21-12-5-3-11(4-6-12)9-18-14(20)13-8-15(16,17)10-19-13;/h3-6,13,19H,2,7-10H2,1H3,(H,18,20);1H. The van der Waals surface area contributed by atoms with Gasteiger partial charge in [-0.05, 0) is 24.1 Å². The van der Waals surface area contributed by atoms with Crippen LogP contribution in [0.15, 0.2) is 24.3 Å². The van der Waals surface area contributed by atoms with E-state index in [-0.39, 0.29) is 12.4 Å². The highest BCUT2D eigenvalue weighted by Gasteiger charge is 2.42. The minimum Gasteiger partial charge on any atom is -0.494 e. The molecule has 0 aliphatic carbocycles. The van der Waals surface area contributed by atoms with E-state index in [0.29, 0.717) is 13.2 Å². The van der Waals surface area contributed by atoms with Crippen molar-refractivity contribution in [3.05, 3.63) is 29.8 Å². The van der Waals surface area contributed by atoms with E-state index in [1.165, 1.54) is 0 Å². The first-order valence-corrected chi connectivity index (χ1v) is 7.11. The maximum absolute atomic E-state index is 13.0. The summed E-state index contributed by atoms with van der Waals surface area (Å²) < 4.78 is 31.5. The molecule has 1 atom stereocenters. The highest BCUT2D eigenvalue weighted by molar-refractivity contribution is 5.85. The number of halogens is 3. The van der Waals surface area contributed by atoms with Crippen molar-refractivity contribution in [1.29, 1.82) is 0 Å². The van der Waals surface area contributed by atoms with E-state index >= 15 is 0 Å². The third-order valence-corrected chi connectivity index (χ3v) is 3.29. The van der Waals surface area contributed by atoms with Crippen molar-refractivity contribution in [2.45, 2.75) is 38.3 Å². The van der Waals surface area contributed by atoms with Gasteiger partial charge in [0.15, 0.2) is 0 Å². The molecular weight excluding hydrogens is 314 g/mol. The average molecular weight is 335 g/mol. The number of alkyl halides is 2. The zero-order valence-corrected chi connectivity index (χ0v) is 13.2. The van der Waals surface area contributed by atoms with Crippen molar-refractivity contribution >= 4 is 18.3 Å². The second kappa shape index (κ2) is 8.29. The molecule has 1 aromatic carbocycles. The summed E-state index contributed by atoms with van der Waals surface area (Å²) >= 11 is 0. The molecule has 1 amide bonds. The number of hydrogen-bond donors (Lipinski definition) is 2. The van der Waals surface area contributed by atoms with Gasteiger partial charge >= 0.3 is 0 Å². The van der Waals surface area contributed by atoms with Crippen molar-refractivity contribution in [1.82, 2.24) is 10.6 Å². The Kier molecular flexibility index (Phi) is 7.03. The van der Waals surface area contributed by atoms with Gasteiger partial charge in [0, 0.05) is 13.0 Å². The lowest BCUT2D eigenvalue weighted by Gasteiger charge is -2.11. The SMILES string of the molecule is CCCOc1ccc(CNC(=O)C2CC(F)(F)CN2)cc1.Cl. The lowest BCUT2D eigenvalue weighted by Crippen LogP contribution is -2.39. The summed E-state index contributed by atoms with van der Waals surface area (Å²) in [6.07, 6.45) is 0.499. The van der Waals surface area contributed by atoms with Crippen LogP contribution in [0.3, 0.4) is 0 Å². The lowest BCUT2D eigenvalue weighted by atomic mass is 10.1. The molecule has 1 aliphatic rings. The Morgan fingerprint density at radius 3 is 2.64 bits per heavy atom. The molecule has 1 saturated heterocycles. The highest BCUT2D eigenvalue weighted by atomic mass is 35.5. The Balaban J connectivity index is 0.00000242. The van der Waals surface area contributed by atoms with Crippen LogP contribution in [0.1, 0.15) is 25.3 Å². The molecule has 2 rings (SSSR count). The molecule has 2 N–H and O–H groups in total. The topological polar surface area (TPSA) is 50.4 Å². The fourth-order valence-electron chi connectivity index (χ4n) is 2.14. The number of carbonyl (C=O) groups excluding carboxylic acids is 1. The molecule has 0 radical (unpaired) electrons. The molecule has 1 aromatic rings. The molecule has 0 saturated carbocycles. The first kappa shape index (κ1) is 18.6. The summed E-state index contributed by atoms with van der Waals surface area (Å²) in [7, 11) is 0. The monoisotopic (exact) mass is 334 g/mol. The van der Waals surface area contributed by atoms with Gasteiger partial charge in [-0.3, -0.25) is 10.1 Å². The van der Waals surface area contributed by atoms with Gasteiger partial charge in [0.1, 0.15) is 5.75 Å². The van der Waals surface area contributed by atoms with Gasteiger partial charge in [-0.25, -0.2) is 8.78 Å². The summed E-state index contributed by atoms with van der Waals surface area (Å²) in [4.78, 5) is 11.8. The third-order valence-electron chi connectivity index (χ3n) is 3.29. The van der Waals surface area contributed by atoms with E-state index in [9.17, 15) is 13.6 Å². The van der Waals surface area contributed by atoms with Crippen LogP contribution >= 0.6 is 12.4 Å². The molecule has 0 bridgehead atoms. The van der Waals surface area contributed by atoms with Crippen LogP contribution in [-0.2, 0) is 11.3 Å². The zero-order valence-electron chi connectivity index (χ0n) is 12.4. The van der Waals surface area contributed by atoms with E-state index in [0.717, 1.165) is 17.7 Å². The smallest absolute Gasteiger partial charge is 0.262 e. The molecule has 1 unspecified atom stereocenters. The molecular formula is C15H21ClF2N2O2. The van der Waals surface area contributed by atoms with Crippen LogP contribution in [-0.4, -0.2) is 31.0 Å². The molecule has 0 spiro atoms. The van der Waals surface area contributed by atoms with Gasteiger partial charge in [-0.15, -0.1) is 12.4 Å². The van der Waals surface area contributed by atoms with Gasteiger partial charge in [0.25, 0.3) is 5.92 Å². The Morgan fingerprint density at radius 1 is 1.41 bits per heavy atom. The van der Waals surface area contributed by atoms with Crippen LogP contribution in [0, 0.1) is 0 Å². The average Bonchev–Trinajstić information content (AvgIpc) is 2.84. The van der Waals surface area contributed by atoms with E-state index in [2.05, 4.69) is 10.6 Å². The number of nitrogens with one attached hydrogen (secondary N) is 2. The lowest BCUT2D eigenvalue weighted by molar-refractivity contribution is -0.123. The molecule has 124 valence electrons. The first-order chi connectivity index (χ1) is 10.00. The fraction of sp³-hybridized carbons (Fsp3) is 0.533. The molecule has 1 fully saturated rings. The van der Waals surface area contributed by atoms with Crippen molar-refractivity contribution in [3.8, 4) is 5.75 Å². The van der Waals surface area contributed by atoms with Crippen molar-refractivity contribution in [2.24, 2.45) is 0 Å². The summed E-state index contributed by atoms with van der Waals surface area (Å²) in [6.45, 7) is 2.58. The Bertz CT molecular complexity index is 483. The minimum atomic E-state index is -2.79. The highest BCUT2D eigenvalue weighted by Crippen LogP contribution is 2.25. The molecule has 0 aromatic heterocycles. The number of amides is 1. The zero-order chi connectivity index (χ0) is 15.3. The maximum atomic E-state index is 13.0. The Hall–Kier alpha value is -1.40. The summed E-state index contributed by atoms with van der Waals surface area (Å²) in [5.74, 6) is -2.40. The normalized spacial score (nSPS) is 19.3. The van der Waals surface area contributed by atoms with Crippen molar-refractivity contribution in [2.75, 3.05) is 13.2 Å². The number of rotatable bonds is 6. The molecule has 22 heavy (non-hydrogen) atoms. The maximum Gasteiger partial charge on any atom is 0.262 e. The number of benzene rings is 1.